The second-order valence-electron chi connectivity index (χ2n) is 4.06. The lowest BCUT2D eigenvalue weighted by molar-refractivity contribution is 0.0648. The van der Waals surface area contributed by atoms with E-state index in [1.807, 2.05) is 0 Å². The quantitative estimate of drug-likeness (QED) is 0.825. The predicted molar refractivity (Wildman–Crippen MR) is 51.7 cm³/mol. The highest BCUT2D eigenvalue weighted by molar-refractivity contribution is 5.81. The summed E-state index contributed by atoms with van der Waals surface area (Å²) in [7, 11) is 0. The Hall–Kier alpha value is -1.39. The van der Waals surface area contributed by atoms with Gasteiger partial charge < -0.3 is 9.52 Å². The van der Waals surface area contributed by atoms with E-state index >= 15 is 0 Å². The van der Waals surface area contributed by atoms with Crippen LogP contribution in [0.2, 0.25) is 0 Å². The molecule has 0 saturated heterocycles. The van der Waals surface area contributed by atoms with Gasteiger partial charge in [-0.3, -0.25) is 0 Å². The summed E-state index contributed by atoms with van der Waals surface area (Å²) >= 11 is 0. The number of aromatic nitrogens is 2. The summed E-state index contributed by atoms with van der Waals surface area (Å²) < 4.78 is 5.20. The van der Waals surface area contributed by atoms with Crippen molar-refractivity contribution in [3.05, 3.63) is 11.8 Å². The van der Waals surface area contributed by atoms with Crippen molar-refractivity contribution in [2.45, 2.75) is 44.4 Å². The second kappa shape index (κ2) is 3.64. The average Bonchev–Trinajstić information content (AvgIpc) is 2.87. The minimum Gasteiger partial charge on any atom is -0.474 e. The Labute approximate surface area is 87.5 Å². The van der Waals surface area contributed by atoms with Gasteiger partial charge in [-0.15, -0.1) is 10.2 Å². The van der Waals surface area contributed by atoms with Crippen LogP contribution in [0, 0.1) is 0 Å². The maximum absolute atomic E-state index is 10.6. The van der Waals surface area contributed by atoms with Crippen LogP contribution in [0.1, 0.15) is 55.6 Å². The van der Waals surface area contributed by atoms with Gasteiger partial charge in [0.2, 0.25) is 5.89 Å². The lowest BCUT2D eigenvalue weighted by atomic mass is 9.83. The fourth-order valence-electron chi connectivity index (χ4n) is 2.29. The highest BCUT2D eigenvalue weighted by Gasteiger charge is 2.39. The molecule has 82 valence electrons. The summed E-state index contributed by atoms with van der Waals surface area (Å²) in [5.41, 5.74) is -0.0687. The van der Waals surface area contributed by atoms with Gasteiger partial charge in [-0.25, -0.2) is 4.79 Å². The molecule has 1 aromatic rings. The van der Waals surface area contributed by atoms with Crippen LogP contribution in [0.25, 0.3) is 0 Å². The molecule has 1 aliphatic carbocycles. The van der Waals surface area contributed by atoms with Gasteiger partial charge in [0.25, 0.3) is 0 Å². The van der Waals surface area contributed by atoms with Gasteiger partial charge in [0.05, 0.1) is 0 Å². The summed E-state index contributed by atoms with van der Waals surface area (Å²) in [5, 5.41) is 16.1. The largest absolute Gasteiger partial charge is 0.474 e. The molecule has 15 heavy (non-hydrogen) atoms. The number of carboxylic acids is 1. The molecule has 0 aliphatic heterocycles. The van der Waals surface area contributed by atoms with E-state index in [1.54, 1.807) is 0 Å². The topological polar surface area (TPSA) is 76.2 Å². The van der Waals surface area contributed by atoms with E-state index in [4.69, 9.17) is 9.52 Å². The van der Waals surface area contributed by atoms with Crippen LogP contribution in [-0.2, 0) is 5.41 Å². The molecular formula is C10H14N2O3. The summed E-state index contributed by atoms with van der Waals surface area (Å²) in [6, 6.07) is 0. The number of carbonyl (C=O) groups is 1. The number of carboxylic acid groups (broad SMARTS) is 1. The highest BCUT2D eigenvalue weighted by atomic mass is 16.4. The molecule has 0 unspecified atom stereocenters. The number of hydrogen-bond acceptors (Lipinski definition) is 4. The Kier molecular flexibility index (Phi) is 2.46. The van der Waals surface area contributed by atoms with E-state index in [0.717, 1.165) is 32.1 Å². The molecule has 0 bridgehead atoms. The Morgan fingerprint density at radius 1 is 1.47 bits per heavy atom. The molecule has 1 aromatic heterocycles. The molecule has 1 N–H and O–H groups in total. The van der Waals surface area contributed by atoms with E-state index < -0.39 is 5.97 Å². The molecule has 0 radical (unpaired) electrons. The average molecular weight is 210 g/mol. The van der Waals surface area contributed by atoms with Gasteiger partial charge in [-0.05, 0) is 19.3 Å². The van der Waals surface area contributed by atoms with Crippen LogP contribution >= 0.6 is 0 Å². The first-order chi connectivity index (χ1) is 7.18. The maximum atomic E-state index is 10.6. The number of hydrogen-bond donors (Lipinski definition) is 1. The van der Waals surface area contributed by atoms with E-state index in [-0.39, 0.29) is 11.3 Å². The van der Waals surface area contributed by atoms with Crippen LogP contribution in [0.5, 0.6) is 0 Å². The number of aromatic carboxylic acids is 1. The van der Waals surface area contributed by atoms with Gasteiger partial charge in [-0.2, -0.15) is 0 Å². The molecule has 1 fully saturated rings. The normalized spacial score (nSPS) is 19.3. The van der Waals surface area contributed by atoms with Crippen molar-refractivity contribution >= 4 is 5.97 Å². The zero-order valence-corrected chi connectivity index (χ0v) is 8.69. The molecule has 2 rings (SSSR count). The Balaban J connectivity index is 2.30. The van der Waals surface area contributed by atoms with Gasteiger partial charge in [0.1, 0.15) is 0 Å². The molecule has 5 nitrogen and oxygen atoms in total. The summed E-state index contributed by atoms with van der Waals surface area (Å²) in [4.78, 5) is 10.6. The van der Waals surface area contributed by atoms with Crippen LogP contribution < -0.4 is 0 Å². The summed E-state index contributed by atoms with van der Waals surface area (Å²) in [6.07, 6.45) is 5.26. The van der Waals surface area contributed by atoms with Crippen molar-refractivity contribution in [1.82, 2.24) is 10.2 Å². The molecule has 0 amide bonds. The lowest BCUT2D eigenvalue weighted by Gasteiger charge is -2.21. The van der Waals surface area contributed by atoms with E-state index in [0.29, 0.717) is 5.89 Å². The zero-order chi connectivity index (χ0) is 10.9. The number of nitrogens with zero attached hydrogens (tertiary/aromatic N) is 2. The third-order valence-electron chi connectivity index (χ3n) is 3.30. The van der Waals surface area contributed by atoms with E-state index in [9.17, 15) is 4.79 Å². The Bertz CT molecular complexity index is 366. The molecule has 1 saturated carbocycles. The van der Waals surface area contributed by atoms with Crippen molar-refractivity contribution in [3.63, 3.8) is 0 Å². The first-order valence-corrected chi connectivity index (χ1v) is 5.25. The zero-order valence-electron chi connectivity index (χ0n) is 8.69. The molecule has 1 aliphatic rings. The second-order valence-corrected chi connectivity index (χ2v) is 4.06. The fourth-order valence-corrected chi connectivity index (χ4v) is 2.29. The van der Waals surface area contributed by atoms with Crippen LogP contribution in [0.4, 0.5) is 0 Å². The smallest absolute Gasteiger partial charge is 0.393 e. The van der Waals surface area contributed by atoms with Crippen LogP contribution in [-0.4, -0.2) is 21.3 Å². The SMILES string of the molecule is CCC1(c2nnc(C(=O)O)o2)CCCC1. The van der Waals surface area contributed by atoms with Gasteiger partial charge in [-0.1, -0.05) is 19.8 Å². The first kappa shape index (κ1) is 10.1. The molecule has 1 heterocycles. The minimum absolute atomic E-state index is 0.0687. The van der Waals surface area contributed by atoms with Crippen molar-refractivity contribution in [3.8, 4) is 0 Å². The Morgan fingerprint density at radius 2 is 2.13 bits per heavy atom. The number of rotatable bonds is 3. The van der Waals surface area contributed by atoms with E-state index in [1.165, 1.54) is 0 Å². The van der Waals surface area contributed by atoms with Crippen LogP contribution in [0.3, 0.4) is 0 Å². The Morgan fingerprint density at radius 3 is 2.60 bits per heavy atom. The minimum atomic E-state index is -1.15. The monoisotopic (exact) mass is 210 g/mol. The van der Waals surface area contributed by atoms with Crippen molar-refractivity contribution in [1.29, 1.82) is 0 Å². The lowest BCUT2D eigenvalue weighted by Crippen LogP contribution is -2.21. The van der Waals surface area contributed by atoms with Crippen molar-refractivity contribution in [2.24, 2.45) is 0 Å². The van der Waals surface area contributed by atoms with Crippen LogP contribution in [0.15, 0.2) is 4.42 Å². The van der Waals surface area contributed by atoms with Gasteiger partial charge in [0.15, 0.2) is 0 Å². The third kappa shape index (κ3) is 1.62. The molecular weight excluding hydrogens is 196 g/mol. The summed E-state index contributed by atoms with van der Waals surface area (Å²) in [6.45, 7) is 2.08. The van der Waals surface area contributed by atoms with Gasteiger partial charge >= 0.3 is 11.9 Å². The van der Waals surface area contributed by atoms with Gasteiger partial charge in [0, 0.05) is 5.41 Å². The molecule has 0 aromatic carbocycles. The first-order valence-electron chi connectivity index (χ1n) is 5.25. The predicted octanol–water partition coefficient (Wildman–Crippen LogP) is 1.99. The summed E-state index contributed by atoms with van der Waals surface area (Å²) in [5.74, 6) is -0.956. The van der Waals surface area contributed by atoms with E-state index in [2.05, 4.69) is 17.1 Å². The molecule has 5 heteroatoms. The molecule has 0 atom stereocenters. The van der Waals surface area contributed by atoms with Crippen molar-refractivity contribution < 1.29 is 14.3 Å². The molecule has 0 spiro atoms. The fraction of sp³-hybridized carbons (Fsp3) is 0.700. The van der Waals surface area contributed by atoms with Crippen molar-refractivity contribution in [2.75, 3.05) is 0 Å². The maximum Gasteiger partial charge on any atom is 0.393 e. The third-order valence-corrected chi connectivity index (χ3v) is 3.30. The highest BCUT2D eigenvalue weighted by Crippen LogP contribution is 2.42. The standard InChI is InChI=1S/C10H14N2O3/c1-2-10(5-3-4-6-10)9-12-11-7(15-9)8(13)14/h2-6H2,1H3,(H,13,14).